The number of oxazole rings is 1. The first-order chi connectivity index (χ1) is 11.4. The van der Waals surface area contributed by atoms with Gasteiger partial charge in [0.1, 0.15) is 5.69 Å². The maximum absolute atomic E-state index is 6.10. The first kappa shape index (κ1) is 13.5. The highest BCUT2D eigenvalue weighted by molar-refractivity contribution is 5.78. The molecule has 3 nitrogen and oxygen atoms in total. The monoisotopic (exact) mass is 298 g/mol. The highest BCUT2D eigenvalue weighted by Gasteiger charge is 2.17. The topological polar surface area (TPSA) is 38.9 Å². The molecule has 0 fully saturated rings. The van der Waals surface area contributed by atoms with E-state index in [2.05, 4.69) is 4.98 Å². The van der Waals surface area contributed by atoms with Gasteiger partial charge in [-0.2, -0.15) is 0 Å². The zero-order valence-corrected chi connectivity index (χ0v) is 12.4. The summed E-state index contributed by atoms with van der Waals surface area (Å²) in [5.74, 6) is 1.38. The molecule has 0 amide bonds. The summed E-state index contributed by atoms with van der Waals surface area (Å²) in [5.41, 5.74) is 3.81. The molecule has 2 aromatic carbocycles. The summed E-state index contributed by atoms with van der Waals surface area (Å²) in [6.45, 7) is 0. The lowest BCUT2D eigenvalue weighted by Gasteiger charge is -2.00. The zero-order chi connectivity index (χ0) is 15.5. The summed E-state index contributed by atoms with van der Waals surface area (Å²) >= 11 is 0. The average Bonchev–Trinajstić information content (AvgIpc) is 3.09. The molecule has 0 bridgehead atoms. The van der Waals surface area contributed by atoms with Crippen molar-refractivity contribution in [2.75, 3.05) is 0 Å². The van der Waals surface area contributed by atoms with E-state index in [-0.39, 0.29) is 0 Å². The molecule has 4 rings (SSSR count). The second-order valence-electron chi connectivity index (χ2n) is 5.16. The maximum atomic E-state index is 6.10. The predicted octanol–water partition coefficient (Wildman–Crippen LogP) is 5.07. The second-order valence-corrected chi connectivity index (χ2v) is 5.16. The standard InChI is InChI=1S/C20H14N2O/c1-3-7-15(8-4-1)18-19(16-11-13-21-14-12-16)23-20(22-18)17-9-5-2-6-10-17/h1-14H. The molecule has 0 aliphatic carbocycles. The van der Waals surface area contributed by atoms with E-state index in [9.17, 15) is 0 Å². The van der Waals surface area contributed by atoms with E-state index in [0.29, 0.717) is 5.89 Å². The van der Waals surface area contributed by atoms with Crippen LogP contribution in [0.15, 0.2) is 89.6 Å². The largest absolute Gasteiger partial charge is 0.435 e. The third kappa shape index (κ3) is 2.64. The van der Waals surface area contributed by atoms with E-state index in [4.69, 9.17) is 9.40 Å². The average molecular weight is 298 g/mol. The molecule has 0 spiro atoms. The SMILES string of the molecule is c1ccc(-c2nc(-c3ccccc3)c(-c3ccncc3)o2)cc1. The molecule has 0 atom stereocenters. The summed E-state index contributed by atoms with van der Waals surface area (Å²) in [4.78, 5) is 8.82. The van der Waals surface area contributed by atoms with E-state index in [1.54, 1.807) is 12.4 Å². The van der Waals surface area contributed by atoms with Crippen molar-refractivity contribution >= 4 is 0 Å². The van der Waals surface area contributed by atoms with Crippen molar-refractivity contribution in [1.82, 2.24) is 9.97 Å². The van der Waals surface area contributed by atoms with Crippen LogP contribution in [0.25, 0.3) is 34.0 Å². The molecular weight excluding hydrogens is 284 g/mol. The Morgan fingerprint density at radius 3 is 1.87 bits per heavy atom. The van der Waals surface area contributed by atoms with Gasteiger partial charge in [-0.15, -0.1) is 0 Å². The zero-order valence-electron chi connectivity index (χ0n) is 12.4. The third-order valence-electron chi connectivity index (χ3n) is 3.64. The van der Waals surface area contributed by atoms with Gasteiger partial charge in [-0.1, -0.05) is 48.5 Å². The van der Waals surface area contributed by atoms with Gasteiger partial charge in [-0.05, 0) is 24.3 Å². The number of nitrogens with zero attached hydrogens (tertiary/aromatic N) is 2. The molecule has 0 unspecified atom stereocenters. The molecular formula is C20H14N2O. The third-order valence-corrected chi connectivity index (χ3v) is 3.64. The minimum absolute atomic E-state index is 0.622. The van der Waals surface area contributed by atoms with Crippen LogP contribution in [0.2, 0.25) is 0 Å². The van der Waals surface area contributed by atoms with Crippen LogP contribution >= 0.6 is 0 Å². The van der Waals surface area contributed by atoms with E-state index >= 15 is 0 Å². The summed E-state index contributed by atoms with van der Waals surface area (Å²) in [7, 11) is 0. The molecule has 2 heterocycles. The molecule has 0 saturated heterocycles. The fourth-order valence-corrected chi connectivity index (χ4v) is 2.51. The lowest BCUT2D eigenvalue weighted by Crippen LogP contribution is -1.82. The lowest BCUT2D eigenvalue weighted by molar-refractivity contribution is 0.589. The Kier molecular flexibility index (Phi) is 3.45. The Hall–Kier alpha value is -3.20. The number of benzene rings is 2. The summed E-state index contributed by atoms with van der Waals surface area (Å²) < 4.78 is 6.10. The van der Waals surface area contributed by atoms with E-state index in [1.165, 1.54) is 0 Å². The van der Waals surface area contributed by atoms with Crippen molar-refractivity contribution in [3.05, 3.63) is 85.2 Å². The predicted molar refractivity (Wildman–Crippen MR) is 90.6 cm³/mol. The van der Waals surface area contributed by atoms with Crippen LogP contribution in [0.1, 0.15) is 0 Å². The molecule has 110 valence electrons. The van der Waals surface area contributed by atoms with Gasteiger partial charge in [0.05, 0.1) is 0 Å². The van der Waals surface area contributed by atoms with Gasteiger partial charge in [0, 0.05) is 29.1 Å². The van der Waals surface area contributed by atoms with Crippen molar-refractivity contribution in [2.24, 2.45) is 0 Å². The molecule has 2 aromatic heterocycles. The Morgan fingerprint density at radius 2 is 1.22 bits per heavy atom. The second kappa shape index (κ2) is 5.89. The van der Waals surface area contributed by atoms with Crippen molar-refractivity contribution in [1.29, 1.82) is 0 Å². The van der Waals surface area contributed by atoms with Crippen LogP contribution in [0.5, 0.6) is 0 Å². The number of rotatable bonds is 3. The first-order valence-corrected chi connectivity index (χ1v) is 7.44. The summed E-state index contributed by atoms with van der Waals surface area (Å²) in [5, 5.41) is 0. The summed E-state index contributed by atoms with van der Waals surface area (Å²) in [6.07, 6.45) is 3.52. The smallest absolute Gasteiger partial charge is 0.227 e. The fraction of sp³-hybridized carbons (Fsp3) is 0. The van der Waals surface area contributed by atoms with E-state index < -0.39 is 0 Å². The molecule has 0 saturated carbocycles. The van der Waals surface area contributed by atoms with Gasteiger partial charge >= 0.3 is 0 Å². The molecule has 0 aliphatic rings. The van der Waals surface area contributed by atoms with Crippen LogP contribution in [-0.4, -0.2) is 9.97 Å². The molecule has 0 N–H and O–H groups in total. The van der Waals surface area contributed by atoms with Crippen LogP contribution in [0.3, 0.4) is 0 Å². The maximum Gasteiger partial charge on any atom is 0.227 e. The van der Waals surface area contributed by atoms with Crippen molar-refractivity contribution in [3.8, 4) is 34.0 Å². The van der Waals surface area contributed by atoms with Crippen LogP contribution in [0.4, 0.5) is 0 Å². The highest BCUT2D eigenvalue weighted by atomic mass is 16.4. The molecule has 0 radical (unpaired) electrons. The molecule has 4 aromatic rings. The Balaban J connectivity index is 1.91. The highest BCUT2D eigenvalue weighted by Crippen LogP contribution is 2.35. The molecule has 0 aliphatic heterocycles. The fourth-order valence-electron chi connectivity index (χ4n) is 2.51. The van der Waals surface area contributed by atoms with Crippen molar-refractivity contribution in [3.63, 3.8) is 0 Å². The van der Waals surface area contributed by atoms with Gasteiger partial charge in [0.15, 0.2) is 5.76 Å². The van der Waals surface area contributed by atoms with Crippen molar-refractivity contribution in [2.45, 2.75) is 0 Å². The Bertz CT molecular complexity index is 843. The summed E-state index contributed by atoms with van der Waals surface area (Å²) in [6, 6.07) is 23.9. The quantitative estimate of drug-likeness (QED) is 0.530. The number of hydrogen-bond donors (Lipinski definition) is 0. The van der Waals surface area contributed by atoms with E-state index in [0.717, 1.165) is 28.1 Å². The Morgan fingerprint density at radius 1 is 0.609 bits per heavy atom. The first-order valence-electron chi connectivity index (χ1n) is 7.44. The molecule has 23 heavy (non-hydrogen) atoms. The van der Waals surface area contributed by atoms with Crippen molar-refractivity contribution < 1.29 is 4.42 Å². The minimum atomic E-state index is 0.622. The number of aromatic nitrogens is 2. The normalized spacial score (nSPS) is 10.6. The van der Waals surface area contributed by atoms with Crippen LogP contribution < -0.4 is 0 Å². The van der Waals surface area contributed by atoms with Gasteiger partial charge in [-0.25, -0.2) is 4.98 Å². The van der Waals surface area contributed by atoms with Gasteiger partial charge < -0.3 is 4.42 Å². The molecule has 3 heteroatoms. The van der Waals surface area contributed by atoms with Crippen LogP contribution in [-0.2, 0) is 0 Å². The number of hydrogen-bond acceptors (Lipinski definition) is 3. The van der Waals surface area contributed by atoms with Gasteiger partial charge in [0.25, 0.3) is 0 Å². The Labute approximate surface area is 134 Å². The lowest BCUT2D eigenvalue weighted by atomic mass is 10.1. The van der Waals surface area contributed by atoms with E-state index in [1.807, 2.05) is 72.8 Å². The number of pyridine rings is 1. The minimum Gasteiger partial charge on any atom is -0.435 e. The van der Waals surface area contributed by atoms with Gasteiger partial charge in [0.2, 0.25) is 5.89 Å². The van der Waals surface area contributed by atoms with Gasteiger partial charge in [-0.3, -0.25) is 4.98 Å². The van der Waals surface area contributed by atoms with Crippen LogP contribution in [0, 0.1) is 0 Å².